The molecule has 0 unspecified atom stereocenters. The first-order valence-corrected chi connectivity index (χ1v) is 11.4. The molecule has 3 aromatic rings. The molecule has 11 nitrogen and oxygen atoms in total. The molecule has 0 radical (unpaired) electrons. The van der Waals surface area contributed by atoms with Gasteiger partial charge >= 0.3 is 0 Å². The van der Waals surface area contributed by atoms with Gasteiger partial charge in [-0.2, -0.15) is 9.94 Å². The number of piperazine rings is 1. The van der Waals surface area contributed by atoms with E-state index in [-0.39, 0.29) is 30.0 Å². The molecule has 2 saturated heterocycles. The molecule has 0 bridgehead atoms. The van der Waals surface area contributed by atoms with Crippen LogP contribution in [0.3, 0.4) is 0 Å². The average Bonchev–Trinajstić information content (AvgIpc) is 3.32. The zero-order valence-corrected chi connectivity index (χ0v) is 19.2. The molecule has 4 heterocycles. The van der Waals surface area contributed by atoms with Gasteiger partial charge in [-0.3, -0.25) is 9.69 Å². The number of aromatic nitrogens is 6. The van der Waals surface area contributed by atoms with Crippen LogP contribution in [0.1, 0.15) is 34.8 Å². The number of carbonyl (C=O) groups excluding carboxylic acids is 1. The Kier molecular flexibility index (Phi) is 6.43. The van der Waals surface area contributed by atoms with Crippen LogP contribution in [0.25, 0.3) is 5.95 Å². The van der Waals surface area contributed by atoms with E-state index in [1.54, 1.807) is 25.4 Å². The summed E-state index contributed by atoms with van der Waals surface area (Å²) in [6.45, 7) is 4.87. The largest absolute Gasteiger partial charge is 0.372 e. The third-order valence-electron chi connectivity index (χ3n) is 6.64. The van der Waals surface area contributed by atoms with E-state index < -0.39 is 5.82 Å². The highest BCUT2D eigenvalue weighted by molar-refractivity contribution is 5.78. The number of nitriles is 1. The van der Waals surface area contributed by atoms with Crippen LogP contribution in [0.4, 0.5) is 4.39 Å². The van der Waals surface area contributed by atoms with E-state index in [2.05, 4.69) is 30.4 Å². The Morgan fingerprint density at radius 2 is 2.09 bits per heavy atom. The molecule has 0 N–H and O–H groups in total. The minimum atomic E-state index is -0.511. The number of halogens is 1. The number of fused-ring (bicyclic) bond motifs is 1. The highest BCUT2D eigenvalue weighted by atomic mass is 19.1. The van der Waals surface area contributed by atoms with Gasteiger partial charge in [0.2, 0.25) is 5.91 Å². The van der Waals surface area contributed by atoms with E-state index in [9.17, 15) is 14.4 Å². The van der Waals surface area contributed by atoms with Gasteiger partial charge in [0.15, 0.2) is 0 Å². The number of amides is 1. The minimum absolute atomic E-state index is 0.0261. The number of ether oxygens (including phenoxy) is 1. The van der Waals surface area contributed by atoms with E-state index in [0.717, 1.165) is 24.1 Å². The van der Waals surface area contributed by atoms with Crippen LogP contribution in [0.5, 0.6) is 0 Å². The molecular formula is C23H24FN9O2. The van der Waals surface area contributed by atoms with Crippen molar-refractivity contribution in [3.63, 3.8) is 0 Å². The maximum atomic E-state index is 14.0. The second-order valence-corrected chi connectivity index (χ2v) is 8.71. The number of hydrogen-bond donors (Lipinski definition) is 0. The average molecular weight is 478 g/mol. The molecule has 2 atom stereocenters. The predicted molar refractivity (Wildman–Crippen MR) is 120 cm³/mol. The van der Waals surface area contributed by atoms with Crippen molar-refractivity contribution in [3.05, 3.63) is 58.9 Å². The first kappa shape index (κ1) is 22.9. The van der Waals surface area contributed by atoms with Crippen molar-refractivity contribution in [2.75, 3.05) is 32.8 Å². The van der Waals surface area contributed by atoms with Crippen LogP contribution in [0.2, 0.25) is 0 Å². The van der Waals surface area contributed by atoms with Crippen LogP contribution in [-0.4, -0.2) is 84.7 Å². The van der Waals surface area contributed by atoms with Crippen molar-refractivity contribution < 1.29 is 13.9 Å². The smallest absolute Gasteiger partial charge is 0.253 e. The van der Waals surface area contributed by atoms with Crippen LogP contribution >= 0.6 is 0 Å². The van der Waals surface area contributed by atoms with E-state index in [1.807, 2.05) is 11.0 Å². The molecular weight excluding hydrogens is 453 g/mol. The Morgan fingerprint density at radius 1 is 1.26 bits per heavy atom. The molecule has 2 aromatic heterocycles. The Labute approximate surface area is 201 Å². The van der Waals surface area contributed by atoms with Gasteiger partial charge in [0.25, 0.3) is 5.95 Å². The maximum Gasteiger partial charge on any atom is 0.253 e. The molecule has 2 fully saturated rings. The summed E-state index contributed by atoms with van der Waals surface area (Å²) in [7, 11) is 0. The summed E-state index contributed by atoms with van der Waals surface area (Å²) in [5, 5.41) is 20.2. The second-order valence-electron chi connectivity index (χ2n) is 8.71. The summed E-state index contributed by atoms with van der Waals surface area (Å²) in [6, 6.07) is 5.18. The molecule has 1 aromatic carbocycles. The second kappa shape index (κ2) is 9.81. The number of benzene rings is 1. The molecule has 0 spiro atoms. The highest BCUT2D eigenvalue weighted by Crippen LogP contribution is 2.30. The quantitative estimate of drug-likeness (QED) is 0.541. The van der Waals surface area contributed by atoms with E-state index in [0.29, 0.717) is 37.8 Å². The van der Waals surface area contributed by atoms with Crippen molar-refractivity contribution in [1.82, 2.24) is 40.0 Å². The summed E-state index contributed by atoms with van der Waals surface area (Å²) in [5.41, 5.74) is 2.25. The molecule has 0 aliphatic carbocycles. The van der Waals surface area contributed by atoms with Gasteiger partial charge in [0, 0.05) is 51.2 Å². The van der Waals surface area contributed by atoms with Crippen LogP contribution < -0.4 is 0 Å². The number of tetrazole rings is 1. The molecule has 1 amide bonds. The molecule has 2 aliphatic heterocycles. The van der Waals surface area contributed by atoms with Crippen molar-refractivity contribution in [2.24, 2.45) is 0 Å². The maximum absolute atomic E-state index is 14.0. The van der Waals surface area contributed by atoms with Crippen LogP contribution in [0.15, 0.2) is 30.9 Å². The van der Waals surface area contributed by atoms with Crippen LogP contribution in [0, 0.1) is 24.1 Å². The standard InChI is InChI=1S/C23H24FN9O2/c1-15-18(2-3-20(24)19(15)9-25)21-13-31-5-6-32(12-17(31)4-7-35-21)22(34)8-16-10-26-23(27-11-16)33-14-28-29-30-33/h2-3,10-11,14,17,21H,4-8,12-13H2,1H3/t17-,21-/m1/s1. The molecule has 35 heavy (non-hydrogen) atoms. The van der Waals surface area contributed by atoms with Crippen molar-refractivity contribution in [3.8, 4) is 12.0 Å². The van der Waals surface area contributed by atoms with E-state index >= 15 is 0 Å². The monoisotopic (exact) mass is 477 g/mol. The Balaban J connectivity index is 1.22. The lowest BCUT2D eigenvalue weighted by Gasteiger charge is -2.41. The van der Waals surface area contributed by atoms with E-state index in [4.69, 9.17) is 4.74 Å². The number of carbonyl (C=O) groups is 1. The Hall–Kier alpha value is -3.82. The SMILES string of the molecule is Cc1c([C@H]2CN3CCN(C(=O)Cc4cnc(-n5cnnn5)nc4)C[C@H]3CCO2)ccc(F)c1C#N. The van der Waals surface area contributed by atoms with Gasteiger partial charge in [-0.25, -0.2) is 14.4 Å². The third-order valence-corrected chi connectivity index (χ3v) is 6.64. The lowest BCUT2D eigenvalue weighted by Crippen LogP contribution is -2.55. The van der Waals surface area contributed by atoms with E-state index in [1.165, 1.54) is 17.1 Å². The first-order valence-electron chi connectivity index (χ1n) is 11.4. The predicted octanol–water partition coefficient (Wildman–Crippen LogP) is 0.988. The fraction of sp³-hybridized carbons (Fsp3) is 0.435. The Bertz CT molecular complexity index is 1240. The molecule has 12 heteroatoms. The highest BCUT2D eigenvalue weighted by Gasteiger charge is 2.34. The van der Waals surface area contributed by atoms with Gasteiger partial charge in [-0.05, 0) is 46.5 Å². The first-order chi connectivity index (χ1) is 17.0. The lowest BCUT2D eigenvalue weighted by molar-refractivity contribution is -0.133. The molecule has 5 rings (SSSR count). The summed E-state index contributed by atoms with van der Waals surface area (Å²) in [4.78, 5) is 25.7. The fourth-order valence-corrected chi connectivity index (χ4v) is 4.71. The summed E-state index contributed by atoms with van der Waals surface area (Å²) in [6.07, 6.45) is 5.39. The molecule has 2 aliphatic rings. The summed E-state index contributed by atoms with van der Waals surface area (Å²) >= 11 is 0. The lowest BCUT2D eigenvalue weighted by atomic mass is 9.97. The third kappa shape index (κ3) is 4.73. The van der Waals surface area contributed by atoms with Gasteiger partial charge in [0.05, 0.1) is 18.1 Å². The van der Waals surface area contributed by atoms with Gasteiger partial charge in [-0.1, -0.05) is 6.07 Å². The topological polar surface area (TPSA) is 126 Å². The Morgan fingerprint density at radius 3 is 2.83 bits per heavy atom. The van der Waals surface area contributed by atoms with Gasteiger partial charge in [-0.15, -0.1) is 5.10 Å². The van der Waals surface area contributed by atoms with Crippen molar-refractivity contribution in [1.29, 1.82) is 5.26 Å². The van der Waals surface area contributed by atoms with Gasteiger partial charge in [0.1, 0.15) is 18.2 Å². The summed E-state index contributed by atoms with van der Waals surface area (Å²) in [5.74, 6) is -0.146. The van der Waals surface area contributed by atoms with Crippen molar-refractivity contribution >= 4 is 5.91 Å². The molecule has 180 valence electrons. The minimum Gasteiger partial charge on any atom is -0.372 e. The molecule has 0 saturated carbocycles. The fourth-order valence-electron chi connectivity index (χ4n) is 4.71. The van der Waals surface area contributed by atoms with Crippen molar-refractivity contribution in [2.45, 2.75) is 31.9 Å². The van der Waals surface area contributed by atoms with Crippen LogP contribution in [-0.2, 0) is 16.0 Å². The number of nitrogens with zero attached hydrogens (tertiary/aromatic N) is 9. The number of hydrogen-bond acceptors (Lipinski definition) is 9. The zero-order valence-electron chi connectivity index (χ0n) is 19.2. The zero-order chi connectivity index (χ0) is 24.4. The normalized spacial score (nSPS) is 20.7. The van der Waals surface area contributed by atoms with Gasteiger partial charge < -0.3 is 9.64 Å². The number of rotatable bonds is 4. The summed E-state index contributed by atoms with van der Waals surface area (Å²) < 4.78 is 21.5.